The van der Waals surface area contributed by atoms with E-state index in [2.05, 4.69) is 10.3 Å². The summed E-state index contributed by atoms with van der Waals surface area (Å²) in [5, 5.41) is 5.29. The molecule has 1 aromatic carbocycles. The van der Waals surface area contributed by atoms with E-state index in [1.54, 1.807) is 5.38 Å². The van der Waals surface area contributed by atoms with E-state index in [9.17, 15) is 9.59 Å². The molecule has 1 fully saturated rings. The van der Waals surface area contributed by atoms with Crippen LogP contribution in [-0.2, 0) is 9.53 Å². The minimum atomic E-state index is -0.952. The summed E-state index contributed by atoms with van der Waals surface area (Å²) in [7, 11) is 1.35. The number of nitrogens with one attached hydrogen (secondary N) is 1. The zero-order chi connectivity index (χ0) is 18.9. The van der Waals surface area contributed by atoms with Gasteiger partial charge in [-0.05, 0) is 31.0 Å². The number of carbonyl (C=O) groups excluding carboxylic acids is 2. The van der Waals surface area contributed by atoms with E-state index in [1.807, 2.05) is 18.2 Å². The predicted molar refractivity (Wildman–Crippen MR) is 99.0 cm³/mol. The van der Waals surface area contributed by atoms with Crippen LogP contribution in [0.4, 0.5) is 0 Å². The summed E-state index contributed by atoms with van der Waals surface area (Å²) < 4.78 is 15.7. The van der Waals surface area contributed by atoms with Crippen LogP contribution < -0.4 is 14.8 Å². The molecule has 1 aromatic heterocycles. The van der Waals surface area contributed by atoms with Crippen LogP contribution in [0.25, 0.3) is 10.6 Å². The van der Waals surface area contributed by atoms with Gasteiger partial charge in [0.15, 0.2) is 11.5 Å². The second kappa shape index (κ2) is 7.19. The zero-order valence-corrected chi connectivity index (χ0v) is 15.8. The highest BCUT2D eigenvalue weighted by atomic mass is 32.1. The van der Waals surface area contributed by atoms with Gasteiger partial charge in [-0.25, -0.2) is 9.78 Å². The number of ether oxygens (including phenoxy) is 3. The fourth-order valence-corrected chi connectivity index (χ4v) is 4.35. The summed E-state index contributed by atoms with van der Waals surface area (Å²) in [6, 6.07) is 5.55. The Hall–Kier alpha value is -2.61. The number of rotatable bonds is 4. The standard InChI is InChI=1S/C19H20N2O5S/c1-24-18(23)19(7-3-2-4-8-19)21-16(22)13-10-27-17(20-13)12-5-6-14-15(9-12)26-11-25-14/h5-6,9-10H,2-4,7-8,11H2,1H3,(H,21,22). The van der Waals surface area contributed by atoms with Crippen molar-refractivity contribution in [3.05, 3.63) is 29.3 Å². The normalized spacial score (nSPS) is 17.4. The van der Waals surface area contributed by atoms with Gasteiger partial charge in [0.05, 0.1) is 7.11 Å². The summed E-state index contributed by atoms with van der Waals surface area (Å²) >= 11 is 1.37. The van der Waals surface area contributed by atoms with Crippen molar-refractivity contribution in [2.24, 2.45) is 0 Å². The molecule has 4 rings (SSSR count). The number of fused-ring (bicyclic) bond motifs is 1. The minimum Gasteiger partial charge on any atom is -0.467 e. The Bertz CT molecular complexity index is 873. The first-order valence-corrected chi connectivity index (χ1v) is 9.76. The number of thiazole rings is 1. The molecule has 0 unspecified atom stereocenters. The quantitative estimate of drug-likeness (QED) is 0.810. The number of hydrogen-bond acceptors (Lipinski definition) is 7. The van der Waals surface area contributed by atoms with Gasteiger partial charge < -0.3 is 19.5 Å². The topological polar surface area (TPSA) is 86.8 Å². The number of methoxy groups -OCH3 is 1. The van der Waals surface area contributed by atoms with Crippen molar-refractivity contribution < 1.29 is 23.8 Å². The van der Waals surface area contributed by atoms with Gasteiger partial charge >= 0.3 is 5.97 Å². The Balaban J connectivity index is 1.54. The first-order valence-electron chi connectivity index (χ1n) is 8.88. The van der Waals surface area contributed by atoms with Gasteiger partial charge in [-0.1, -0.05) is 19.3 Å². The third-order valence-corrected chi connectivity index (χ3v) is 5.88. The molecule has 8 heteroatoms. The first-order chi connectivity index (χ1) is 13.1. The molecule has 1 amide bonds. The van der Waals surface area contributed by atoms with Crippen LogP contribution >= 0.6 is 11.3 Å². The molecule has 2 aromatic rings. The van der Waals surface area contributed by atoms with Crippen molar-refractivity contribution in [3.8, 4) is 22.1 Å². The van der Waals surface area contributed by atoms with Crippen molar-refractivity contribution in [3.63, 3.8) is 0 Å². The van der Waals surface area contributed by atoms with Gasteiger partial charge in [0.1, 0.15) is 16.2 Å². The molecule has 1 N–H and O–H groups in total. The number of amides is 1. The summed E-state index contributed by atoms with van der Waals surface area (Å²) in [6.45, 7) is 0.208. The molecule has 0 atom stereocenters. The highest BCUT2D eigenvalue weighted by Gasteiger charge is 2.42. The fourth-order valence-electron chi connectivity index (χ4n) is 3.55. The molecule has 1 aliphatic heterocycles. The number of hydrogen-bond donors (Lipinski definition) is 1. The molecule has 0 radical (unpaired) electrons. The number of esters is 1. The van der Waals surface area contributed by atoms with Gasteiger partial charge in [-0.3, -0.25) is 4.79 Å². The van der Waals surface area contributed by atoms with Crippen LogP contribution in [0.15, 0.2) is 23.6 Å². The maximum absolute atomic E-state index is 12.8. The Kier molecular flexibility index (Phi) is 4.73. The van der Waals surface area contributed by atoms with Crippen LogP contribution in [0, 0.1) is 0 Å². The van der Waals surface area contributed by atoms with Crippen molar-refractivity contribution in [1.82, 2.24) is 10.3 Å². The Morgan fingerprint density at radius 3 is 2.74 bits per heavy atom. The van der Waals surface area contributed by atoms with Gasteiger partial charge in [0, 0.05) is 10.9 Å². The van der Waals surface area contributed by atoms with E-state index in [1.165, 1.54) is 18.4 Å². The number of benzene rings is 1. The Morgan fingerprint density at radius 1 is 1.19 bits per heavy atom. The van der Waals surface area contributed by atoms with E-state index in [4.69, 9.17) is 14.2 Å². The molecule has 2 heterocycles. The van der Waals surface area contributed by atoms with E-state index in [0.717, 1.165) is 24.8 Å². The van der Waals surface area contributed by atoms with Gasteiger partial charge in [-0.2, -0.15) is 0 Å². The summed E-state index contributed by atoms with van der Waals surface area (Å²) in [4.78, 5) is 29.5. The van der Waals surface area contributed by atoms with Crippen LogP contribution in [-0.4, -0.2) is 36.3 Å². The minimum absolute atomic E-state index is 0.208. The third-order valence-electron chi connectivity index (χ3n) is 4.99. The molecule has 7 nitrogen and oxygen atoms in total. The maximum atomic E-state index is 12.8. The molecule has 142 valence electrons. The molecule has 0 spiro atoms. The van der Waals surface area contributed by atoms with Gasteiger partial charge in [0.2, 0.25) is 6.79 Å². The van der Waals surface area contributed by atoms with E-state index >= 15 is 0 Å². The highest BCUT2D eigenvalue weighted by Crippen LogP contribution is 2.37. The van der Waals surface area contributed by atoms with Crippen molar-refractivity contribution in [1.29, 1.82) is 0 Å². The maximum Gasteiger partial charge on any atom is 0.331 e. The first kappa shape index (κ1) is 17.8. The monoisotopic (exact) mass is 388 g/mol. The molecule has 2 aliphatic rings. The summed E-state index contributed by atoms with van der Waals surface area (Å²) in [6.07, 6.45) is 4.00. The lowest BCUT2D eigenvalue weighted by Crippen LogP contribution is -2.56. The van der Waals surface area contributed by atoms with Crippen LogP contribution in [0.5, 0.6) is 11.5 Å². The van der Waals surface area contributed by atoms with Crippen molar-refractivity contribution in [2.45, 2.75) is 37.6 Å². The second-order valence-corrected chi connectivity index (χ2v) is 7.55. The average molecular weight is 388 g/mol. The van der Waals surface area contributed by atoms with Gasteiger partial charge in [-0.15, -0.1) is 11.3 Å². The molecule has 1 aliphatic carbocycles. The molecule has 0 bridgehead atoms. The smallest absolute Gasteiger partial charge is 0.331 e. The molecule has 0 saturated heterocycles. The lowest BCUT2D eigenvalue weighted by atomic mass is 9.81. The summed E-state index contributed by atoms with van der Waals surface area (Å²) in [5.41, 5.74) is 0.192. The van der Waals surface area contributed by atoms with E-state index < -0.39 is 5.54 Å². The number of carbonyl (C=O) groups is 2. The van der Waals surface area contributed by atoms with Crippen molar-refractivity contribution in [2.75, 3.05) is 13.9 Å². The second-order valence-electron chi connectivity index (χ2n) is 6.69. The fraction of sp³-hybridized carbons (Fsp3) is 0.421. The van der Waals surface area contributed by atoms with E-state index in [0.29, 0.717) is 35.0 Å². The SMILES string of the molecule is COC(=O)C1(NC(=O)c2csc(-c3ccc4c(c3)OCO4)n2)CCCCC1. The zero-order valence-electron chi connectivity index (χ0n) is 14.9. The molecular weight excluding hydrogens is 368 g/mol. The van der Waals surface area contributed by atoms with E-state index in [-0.39, 0.29) is 18.7 Å². The molecule has 27 heavy (non-hydrogen) atoms. The Labute approximate surface area is 160 Å². The van der Waals surface area contributed by atoms with Crippen LogP contribution in [0.2, 0.25) is 0 Å². The van der Waals surface area contributed by atoms with Crippen molar-refractivity contribution >= 4 is 23.2 Å². The predicted octanol–water partition coefficient (Wildman–Crippen LogP) is 3.14. The molecular formula is C19H20N2O5S. The Morgan fingerprint density at radius 2 is 1.96 bits per heavy atom. The largest absolute Gasteiger partial charge is 0.467 e. The lowest BCUT2D eigenvalue weighted by Gasteiger charge is -2.34. The third kappa shape index (κ3) is 3.37. The summed E-state index contributed by atoms with van der Waals surface area (Å²) in [5.74, 6) is 0.624. The van der Waals surface area contributed by atoms with Crippen LogP contribution in [0.1, 0.15) is 42.6 Å². The van der Waals surface area contributed by atoms with Crippen LogP contribution in [0.3, 0.4) is 0 Å². The van der Waals surface area contributed by atoms with Gasteiger partial charge in [0.25, 0.3) is 5.91 Å². The number of nitrogens with zero attached hydrogens (tertiary/aromatic N) is 1. The highest BCUT2D eigenvalue weighted by molar-refractivity contribution is 7.13. The molecule has 1 saturated carbocycles. The number of aromatic nitrogens is 1. The lowest BCUT2D eigenvalue weighted by molar-refractivity contribution is -0.149. The average Bonchev–Trinajstić information content (AvgIpc) is 3.36.